The molecule has 0 spiro atoms. The van der Waals surface area contributed by atoms with E-state index in [1.807, 2.05) is 38.1 Å². The number of rotatable bonds is 7. The van der Waals surface area contributed by atoms with Gasteiger partial charge in [-0.3, -0.25) is 9.10 Å². The molecule has 0 saturated heterocycles. The first kappa shape index (κ1) is 21.0. The molecule has 1 aliphatic heterocycles. The normalized spacial score (nSPS) is 16.1. The van der Waals surface area contributed by atoms with E-state index in [1.54, 1.807) is 31.2 Å². The van der Waals surface area contributed by atoms with Crippen molar-refractivity contribution >= 4 is 21.6 Å². The zero-order chi connectivity index (χ0) is 21.0. The Bertz CT molecular complexity index is 957. The predicted octanol–water partition coefficient (Wildman–Crippen LogP) is 2.71. The smallest absolute Gasteiger partial charge is 0.263 e. The summed E-state index contributed by atoms with van der Waals surface area (Å²) in [5.74, 6) is 0.729. The summed E-state index contributed by atoms with van der Waals surface area (Å²) in [4.78, 5) is 12.7. The molecule has 0 unspecified atom stereocenters. The van der Waals surface area contributed by atoms with E-state index in [2.05, 4.69) is 5.32 Å². The zero-order valence-electron chi connectivity index (χ0n) is 16.8. The van der Waals surface area contributed by atoms with Gasteiger partial charge in [0.05, 0.1) is 24.1 Å². The molecule has 0 saturated carbocycles. The lowest BCUT2D eigenvalue weighted by Crippen LogP contribution is -2.50. The van der Waals surface area contributed by atoms with Crippen molar-refractivity contribution in [3.05, 3.63) is 54.1 Å². The third-order valence-electron chi connectivity index (χ3n) is 4.49. The standard InChI is InChI=1S/C21H26N2O5S/c1-4-29(25,26)23-14-20(28-19-8-6-5-7-18(19)23)21(24)22-13-16-9-11-17(12-10-16)27-15(2)3/h5-12,15,20H,4,13-14H2,1-3H3,(H,22,24)/t20-/m1/s1. The monoisotopic (exact) mass is 418 g/mol. The lowest BCUT2D eigenvalue weighted by atomic mass is 10.2. The van der Waals surface area contributed by atoms with Gasteiger partial charge >= 0.3 is 0 Å². The van der Waals surface area contributed by atoms with Gasteiger partial charge in [-0.1, -0.05) is 24.3 Å². The van der Waals surface area contributed by atoms with E-state index in [4.69, 9.17) is 9.47 Å². The van der Waals surface area contributed by atoms with Crippen molar-refractivity contribution in [3.8, 4) is 11.5 Å². The van der Waals surface area contributed by atoms with E-state index in [-0.39, 0.29) is 24.3 Å². The Labute approximate surface area is 171 Å². The van der Waals surface area contributed by atoms with E-state index < -0.39 is 16.1 Å². The number of ether oxygens (including phenoxy) is 2. The van der Waals surface area contributed by atoms with Crippen LogP contribution in [0.4, 0.5) is 5.69 Å². The number of hydrogen-bond donors (Lipinski definition) is 1. The first-order chi connectivity index (χ1) is 13.8. The molecular formula is C21H26N2O5S. The second kappa shape index (κ2) is 8.73. The Morgan fingerprint density at radius 1 is 1.21 bits per heavy atom. The van der Waals surface area contributed by atoms with E-state index in [9.17, 15) is 13.2 Å². The van der Waals surface area contributed by atoms with Crippen LogP contribution in [0.25, 0.3) is 0 Å². The number of sulfonamides is 1. The second-order valence-electron chi connectivity index (χ2n) is 7.03. The van der Waals surface area contributed by atoms with Gasteiger partial charge in [-0.15, -0.1) is 0 Å². The third kappa shape index (κ3) is 5.00. The quantitative estimate of drug-likeness (QED) is 0.747. The van der Waals surface area contributed by atoms with Crippen molar-refractivity contribution in [1.82, 2.24) is 5.32 Å². The third-order valence-corrected chi connectivity index (χ3v) is 6.24. The molecular weight excluding hydrogens is 392 g/mol. The molecule has 3 rings (SSSR count). The first-order valence-electron chi connectivity index (χ1n) is 9.59. The number of anilines is 1. The van der Waals surface area contributed by atoms with Gasteiger partial charge in [0.1, 0.15) is 11.5 Å². The van der Waals surface area contributed by atoms with E-state index in [0.717, 1.165) is 11.3 Å². The second-order valence-corrected chi connectivity index (χ2v) is 9.22. The average Bonchev–Trinajstić information content (AvgIpc) is 2.71. The summed E-state index contributed by atoms with van der Waals surface area (Å²) in [5.41, 5.74) is 1.36. The van der Waals surface area contributed by atoms with Gasteiger partial charge in [0.2, 0.25) is 10.0 Å². The van der Waals surface area contributed by atoms with Gasteiger partial charge < -0.3 is 14.8 Å². The maximum atomic E-state index is 12.7. The Morgan fingerprint density at radius 3 is 2.55 bits per heavy atom. The van der Waals surface area contributed by atoms with Crippen LogP contribution in [0.2, 0.25) is 0 Å². The molecule has 2 aromatic rings. The summed E-state index contributed by atoms with van der Waals surface area (Å²) in [7, 11) is -3.52. The fourth-order valence-electron chi connectivity index (χ4n) is 3.02. The highest BCUT2D eigenvalue weighted by atomic mass is 32.2. The van der Waals surface area contributed by atoms with Crippen LogP contribution in [0.15, 0.2) is 48.5 Å². The van der Waals surface area contributed by atoms with Crippen molar-refractivity contribution in [1.29, 1.82) is 0 Å². The van der Waals surface area contributed by atoms with Crippen molar-refractivity contribution in [2.24, 2.45) is 0 Å². The number of nitrogens with zero attached hydrogens (tertiary/aromatic N) is 1. The fraction of sp³-hybridized carbons (Fsp3) is 0.381. The van der Waals surface area contributed by atoms with Crippen LogP contribution in [-0.4, -0.2) is 38.8 Å². The van der Waals surface area contributed by atoms with Crippen LogP contribution in [0.1, 0.15) is 26.3 Å². The topological polar surface area (TPSA) is 84.9 Å². The molecule has 8 heteroatoms. The number of carbonyl (C=O) groups excluding carboxylic acids is 1. The predicted molar refractivity (Wildman–Crippen MR) is 112 cm³/mol. The molecule has 0 bridgehead atoms. The van der Waals surface area contributed by atoms with E-state index >= 15 is 0 Å². The maximum Gasteiger partial charge on any atom is 0.263 e. The summed E-state index contributed by atoms with van der Waals surface area (Å²) in [6.07, 6.45) is -0.830. The van der Waals surface area contributed by atoms with Crippen molar-refractivity contribution in [2.75, 3.05) is 16.6 Å². The molecule has 7 nitrogen and oxygen atoms in total. The molecule has 1 atom stereocenters. The summed E-state index contributed by atoms with van der Waals surface area (Å²) in [6.45, 7) is 5.75. The molecule has 0 radical (unpaired) electrons. The maximum absolute atomic E-state index is 12.7. The minimum absolute atomic E-state index is 0.0551. The highest BCUT2D eigenvalue weighted by Gasteiger charge is 2.35. The fourth-order valence-corrected chi connectivity index (χ4v) is 4.14. The summed E-state index contributed by atoms with van der Waals surface area (Å²) in [5, 5.41) is 2.82. The van der Waals surface area contributed by atoms with Crippen LogP contribution in [-0.2, 0) is 21.4 Å². The minimum Gasteiger partial charge on any atom is -0.491 e. The molecule has 0 aliphatic carbocycles. The average molecular weight is 419 g/mol. The summed E-state index contributed by atoms with van der Waals surface area (Å²) >= 11 is 0. The van der Waals surface area contributed by atoms with Crippen LogP contribution < -0.4 is 19.1 Å². The van der Waals surface area contributed by atoms with Gasteiger partial charge in [0.25, 0.3) is 5.91 Å². The number of fused-ring (bicyclic) bond motifs is 1. The highest BCUT2D eigenvalue weighted by Crippen LogP contribution is 2.35. The van der Waals surface area contributed by atoms with E-state index in [1.165, 1.54) is 4.31 Å². The van der Waals surface area contributed by atoms with Crippen molar-refractivity contribution in [2.45, 2.75) is 39.5 Å². The van der Waals surface area contributed by atoms with Crippen LogP contribution >= 0.6 is 0 Å². The number of nitrogens with one attached hydrogen (secondary N) is 1. The molecule has 1 N–H and O–H groups in total. The van der Waals surface area contributed by atoms with Crippen LogP contribution in [0.3, 0.4) is 0 Å². The molecule has 29 heavy (non-hydrogen) atoms. The largest absolute Gasteiger partial charge is 0.491 e. The van der Waals surface area contributed by atoms with Crippen molar-refractivity contribution < 1.29 is 22.7 Å². The minimum atomic E-state index is -3.52. The highest BCUT2D eigenvalue weighted by molar-refractivity contribution is 7.92. The van der Waals surface area contributed by atoms with Crippen molar-refractivity contribution in [3.63, 3.8) is 0 Å². The number of para-hydroxylation sites is 2. The molecule has 156 valence electrons. The van der Waals surface area contributed by atoms with Crippen LogP contribution in [0, 0.1) is 0 Å². The van der Waals surface area contributed by atoms with Gasteiger partial charge in [-0.05, 0) is 50.6 Å². The zero-order valence-corrected chi connectivity index (χ0v) is 17.6. The molecule has 1 aliphatic rings. The lowest BCUT2D eigenvalue weighted by molar-refractivity contribution is -0.127. The molecule has 0 aromatic heterocycles. The van der Waals surface area contributed by atoms with Gasteiger partial charge in [-0.2, -0.15) is 0 Å². The molecule has 2 aromatic carbocycles. The number of hydrogen-bond acceptors (Lipinski definition) is 5. The summed E-state index contributed by atoms with van der Waals surface area (Å²) < 4.78 is 37.6. The van der Waals surface area contributed by atoms with E-state index in [0.29, 0.717) is 18.0 Å². The summed E-state index contributed by atoms with van der Waals surface area (Å²) in [6, 6.07) is 14.3. The molecule has 1 amide bonds. The number of carbonyl (C=O) groups is 1. The van der Waals surface area contributed by atoms with Gasteiger partial charge in [0.15, 0.2) is 6.10 Å². The Hall–Kier alpha value is -2.74. The Kier molecular flexibility index (Phi) is 6.32. The van der Waals surface area contributed by atoms with Gasteiger partial charge in [-0.25, -0.2) is 8.42 Å². The number of amides is 1. The Balaban J connectivity index is 1.68. The lowest BCUT2D eigenvalue weighted by Gasteiger charge is -2.34. The Morgan fingerprint density at radius 2 is 1.90 bits per heavy atom. The SMILES string of the molecule is CCS(=O)(=O)N1C[C@H](C(=O)NCc2ccc(OC(C)C)cc2)Oc2ccccc21. The molecule has 0 fully saturated rings. The number of benzene rings is 2. The van der Waals surface area contributed by atoms with Gasteiger partial charge in [0, 0.05) is 6.54 Å². The molecule has 1 heterocycles. The first-order valence-corrected chi connectivity index (χ1v) is 11.2. The van der Waals surface area contributed by atoms with Crippen LogP contribution in [0.5, 0.6) is 11.5 Å².